The number of hydrogen-bond acceptors (Lipinski definition) is 2. The zero-order chi connectivity index (χ0) is 10.9. The maximum atomic E-state index is 11.6. The van der Waals surface area contributed by atoms with Crippen molar-refractivity contribution in [3.05, 3.63) is 12.2 Å². The van der Waals surface area contributed by atoms with Crippen LogP contribution in [0, 0.1) is 5.92 Å². The third kappa shape index (κ3) is 24.7. The molecule has 0 aromatic heterocycles. The molecule has 78 valence electrons. The molecule has 0 saturated carbocycles. The van der Waals surface area contributed by atoms with E-state index in [1.54, 1.807) is 14.0 Å². The summed E-state index contributed by atoms with van der Waals surface area (Å²) in [5, 5.41) is 4.87. The summed E-state index contributed by atoms with van der Waals surface area (Å²) in [5.74, 6) is 0.833. The van der Waals surface area contributed by atoms with E-state index in [-0.39, 0.29) is 0 Å². The molecular weight excluding hydrogens is 167 g/mol. The van der Waals surface area contributed by atoms with Crippen LogP contribution in [-0.2, 0) is 0 Å². The van der Waals surface area contributed by atoms with Gasteiger partial charge in [0.1, 0.15) is 0 Å². The first kappa shape index (κ1) is 14.7. The smallest absolute Gasteiger partial charge is 0.176 e. The molecule has 0 fully saturated rings. The molecule has 3 heteroatoms. The van der Waals surface area contributed by atoms with Crippen LogP contribution in [0.3, 0.4) is 0 Å². The van der Waals surface area contributed by atoms with Crippen LogP contribution in [0.2, 0.25) is 0 Å². The van der Waals surface area contributed by atoms with Gasteiger partial charge in [0.2, 0.25) is 0 Å². The summed E-state index contributed by atoms with van der Waals surface area (Å²) >= 11 is 0. The molecule has 0 heterocycles. The molecule has 0 bridgehead atoms. The van der Waals surface area contributed by atoms with Gasteiger partial charge in [-0.1, -0.05) is 27.4 Å². The first-order chi connectivity index (χ1) is 5.90. The van der Waals surface area contributed by atoms with Crippen LogP contribution in [0.15, 0.2) is 17.3 Å². The van der Waals surface area contributed by atoms with Crippen molar-refractivity contribution in [2.24, 2.45) is 11.0 Å². The Morgan fingerprint density at radius 2 is 1.92 bits per heavy atom. The fraction of sp³-hybridized carbons (Fsp3) is 0.700. The second kappa shape index (κ2) is 9.23. The molecule has 0 rings (SSSR count). The molecule has 0 aromatic carbocycles. The number of hydrazone groups is 1. The number of allylic oxidation sites excluding steroid dienone is 1. The Morgan fingerprint density at radius 1 is 1.54 bits per heavy atom. The second-order valence-corrected chi connectivity index (χ2v) is 3.60. The van der Waals surface area contributed by atoms with Gasteiger partial charge >= 0.3 is 0 Å². The summed E-state index contributed by atoms with van der Waals surface area (Å²) in [4.78, 5) is 0. The van der Waals surface area contributed by atoms with Crippen LogP contribution in [0.25, 0.3) is 0 Å². The fourth-order valence-corrected chi connectivity index (χ4v) is 0.228. The lowest BCUT2D eigenvalue weighted by Gasteiger charge is -2.04. The lowest BCUT2D eigenvalue weighted by molar-refractivity contribution is 0.235. The van der Waals surface area contributed by atoms with Crippen LogP contribution < -0.4 is 0 Å². The molecule has 0 unspecified atom stereocenters. The lowest BCUT2D eigenvalue weighted by atomic mass is 10.3. The van der Waals surface area contributed by atoms with Crippen LogP contribution in [0.4, 0.5) is 4.39 Å². The minimum Gasteiger partial charge on any atom is -0.270 e. The molecule has 0 aromatic rings. The van der Waals surface area contributed by atoms with Crippen molar-refractivity contribution in [1.82, 2.24) is 5.01 Å². The Hall–Kier alpha value is -0.860. The van der Waals surface area contributed by atoms with Crippen LogP contribution in [-0.4, -0.2) is 25.1 Å². The molecule has 0 aliphatic rings. The average Bonchev–Trinajstić information content (AvgIpc) is 1.99. The summed E-state index contributed by atoms with van der Waals surface area (Å²) < 4.78 is 11.6. The minimum absolute atomic E-state index is 0.566. The first-order valence-corrected chi connectivity index (χ1v) is 4.36. The largest absolute Gasteiger partial charge is 0.270 e. The molecule has 2 nitrogen and oxygen atoms in total. The molecule has 13 heavy (non-hydrogen) atoms. The van der Waals surface area contributed by atoms with Gasteiger partial charge in [0.25, 0.3) is 0 Å². The van der Waals surface area contributed by atoms with Crippen molar-refractivity contribution in [2.45, 2.75) is 27.7 Å². The number of hydrogen-bond donors (Lipinski definition) is 0. The number of alkyl halides is 1. The highest BCUT2D eigenvalue weighted by molar-refractivity contribution is 5.76. The Balaban J connectivity index is 0. The normalized spacial score (nSPS) is 9.77. The van der Waals surface area contributed by atoms with E-state index in [1.807, 2.05) is 0 Å². The number of halogens is 1. The maximum Gasteiger partial charge on any atom is 0.176 e. The minimum atomic E-state index is -0.566. The quantitative estimate of drug-likeness (QED) is 0.377. The Kier molecular flexibility index (Phi) is 10.4. The van der Waals surface area contributed by atoms with Gasteiger partial charge in [0, 0.05) is 13.3 Å². The SMILES string of the molecule is C=C(C)/C=N\N(C)CF.CC(C)C. The molecule has 0 spiro atoms. The zero-order valence-electron chi connectivity index (χ0n) is 9.34. The van der Waals surface area contributed by atoms with E-state index >= 15 is 0 Å². The van der Waals surface area contributed by atoms with Gasteiger partial charge in [-0.15, -0.1) is 0 Å². The van der Waals surface area contributed by atoms with E-state index < -0.39 is 6.80 Å². The summed E-state index contributed by atoms with van der Waals surface area (Å²) in [6, 6.07) is 0. The maximum absolute atomic E-state index is 11.6. The fourth-order valence-electron chi connectivity index (χ4n) is 0.228. The molecular formula is C10H21FN2. The summed E-state index contributed by atoms with van der Waals surface area (Å²) in [7, 11) is 1.56. The molecule has 0 aliphatic carbocycles. The van der Waals surface area contributed by atoms with Crippen molar-refractivity contribution in [3.63, 3.8) is 0 Å². The molecule has 0 atom stereocenters. The van der Waals surface area contributed by atoms with Gasteiger partial charge in [0.05, 0.1) is 0 Å². The third-order valence-electron chi connectivity index (χ3n) is 0.648. The second-order valence-electron chi connectivity index (χ2n) is 3.60. The number of nitrogens with zero attached hydrogens (tertiary/aromatic N) is 2. The standard InChI is InChI=1S/C6H11FN2.C4H10/c1-6(2)4-8-9(3)5-7;1-4(2)3/h4H,1,5H2,2-3H3;4H,1-3H3/b8-4-;. The van der Waals surface area contributed by atoms with Crippen LogP contribution >= 0.6 is 0 Å². The van der Waals surface area contributed by atoms with Gasteiger partial charge < -0.3 is 0 Å². The van der Waals surface area contributed by atoms with Gasteiger partial charge in [-0.3, -0.25) is 5.01 Å². The predicted molar refractivity (Wildman–Crippen MR) is 57.6 cm³/mol. The Bertz CT molecular complexity index is 150. The van der Waals surface area contributed by atoms with E-state index in [1.165, 1.54) is 11.2 Å². The van der Waals surface area contributed by atoms with E-state index in [0.29, 0.717) is 0 Å². The van der Waals surface area contributed by atoms with Crippen molar-refractivity contribution in [1.29, 1.82) is 0 Å². The molecule has 0 N–H and O–H groups in total. The zero-order valence-corrected chi connectivity index (χ0v) is 9.34. The highest BCUT2D eigenvalue weighted by Gasteiger charge is 1.84. The Labute approximate surface area is 81.1 Å². The Morgan fingerprint density at radius 3 is 2.15 bits per heavy atom. The van der Waals surface area contributed by atoms with Gasteiger partial charge in [-0.2, -0.15) is 5.10 Å². The predicted octanol–water partition coefficient (Wildman–Crippen LogP) is 3.07. The molecule has 0 saturated heterocycles. The lowest BCUT2D eigenvalue weighted by Crippen LogP contribution is -2.08. The van der Waals surface area contributed by atoms with E-state index in [4.69, 9.17) is 0 Å². The van der Waals surface area contributed by atoms with Crippen LogP contribution in [0.5, 0.6) is 0 Å². The van der Waals surface area contributed by atoms with Gasteiger partial charge in [0.15, 0.2) is 6.80 Å². The third-order valence-corrected chi connectivity index (χ3v) is 0.648. The van der Waals surface area contributed by atoms with Crippen LogP contribution in [0.1, 0.15) is 27.7 Å². The molecule has 0 radical (unpaired) electrons. The van der Waals surface area contributed by atoms with E-state index in [0.717, 1.165) is 11.5 Å². The highest BCUT2D eigenvalue weighted by Crippen LogP contribution is 1.85. The van der Waals surface area contributed by atoms with Crippen molar-refractivity contribution >= 4 is 6.21 Å². The first-order valence-electron chi connectivity index (χ1n) is 4.36. The molecule has 0 amide bonds. The van der Waals surface area contributed by atoms with E-state index in [2.05, 4.69) is 32.5 Å². The average molecular weight is 188 g/mol. The van der Waals surface area contributed by atoms with Gasteiger partial charge in [-0.05, 0) is 18.4 Å². The summed E-state index contributed by atoms with van der Waals surface area (Å²) in [6.45, 7) is 11.3. The van der Waals surface area contributed by atoms with Crippen molar-refractivity contribution in [2.75, 3.05) is 13.8 Å². The van der Waals surface area contributed by atoms with Gasteiger partial charge in [-0.25, -0.2) is 4.39 Å². The van der Waals surface area contributed by atoms with E-state index in [9.17, 15) is 4.39 Å². The molecule has 0 aliphatic heterocycles. The summed E-state index contributed by atoms with van der Waals surface area (Å²) in [6.07, 6.45) is 1.51. The van der Waals surface area contributed by atoms with Crippen molar-refractivity contribution in [3.8, 4) is 0 Å². The number of rotatable bonds is 3. The monoisotopic (exact) mass is 188 g/mol. The topological polar surface area (TPSA) is 15.6 Å². The van der Waals surface area contributed by atoms with Crippen molar-refractivity contribution < 1.29 is 4.39 Å². The highest BCUT2D eigenvalue weighted by atomic mass is 19.1. The summed E-state index contributed by atoms with van der Waals surface area (Å²) in [5.41, 5.74) is 0.815.